The van der Waals surface area contributed by atoms with Crippen LogP contribution in [0.2, 0.25) is 0 Å². The molecule has 0 aromatic rings. The molecule has 1 aliphatic rings. The van der Waals surface area contributed by atoms with E-state index in [-0.39, 0.29) is 0 Å². The van der Waals surface area contributed by atoms with Gasteiger partial charge in [0.1, 0.15) is 0 Å². The van der Waals surface area contributed by atoms with Gasteiger partial charge in [0.15, 0.2) is 0 Å². The van der Waals surface area contributed by atoms with Gasteiger partial charge in [-0.15, -0.1) is 0 Å². The zero-order valence-electron chi connectivity index (χ0n) is 9.71. The number of hydrogen-bond acceptors (Lipinski definition) is 2. The van der Waals surface area contributed by atoms with Crippen LogP contribution in [0.25, 0.3) is 0 Å². The molecule has 2 unspecified atom stereocenters. The predicted molar refractivity (Wildman–Crippen MR) is 60.3 cm³/mol. The lowest BCUT2D eigenvalue weighted by molar-refractivity contribution is 0.140. The zero-order valence-corrected chi connectivity index (χ0v) is 9.71. The molecule has 2 nitrogen and oxygen atoms in total. The molecule has 0 aliphatic heterocycles. The Morgan fingerprint density at radius 1 is 1.29 bits per heavy atom. The van der Waals surface area contributed by atoms with Crippen molar-refractivity contribution >= 4 is 0 Å². The highest BCUT2D eigenvalue weighted by Gasteiger charge is 2.22. The summed E-state index contributed by atoms with van der Waals surface area (Å²) in [5.41, 5.74) is 0. The first kappa shape index (κ1) is 12.0. The van der Waals surface area contributed by atoms with Crippen molar-refractivity contribution in [3.8, 4) is 0 Å². The Morgan fingerprint density at radius 2 is 2.00 bits per heavy atom. The molecule has 0 heterocycles. The van der Waals surface area contributed by atoms with Gasteiger partial charge in [-0.25, -0.2) is 0 Å². The van der Waals surface area contributed by atoms with Crippen LogP contribution >= 0.6 is 0 Å². The number of likely N-dealkylation sites (N-methyl/N-ethyl adjacent to an activating group) is 1. The van der Waals surface area contributed by atoms with Gasteiger partial charge < -0.3 is 10.0 Å². The van der Waals surface area contributed by atoms with Crippen LogP contribution < -0.4 is 0 Å². The van der Waals surface area contributed by atoms with Crippen molar-refractivity contribution in [3.05, 3.63) is 0 Å². The number of aliphatic hydroxyl groups excluding tert-OH is 1. The van der Waals surface area contributed by atoms with Crippen molar-refractivity contribution in [1.82, 2.24) is 4.90 Å². The molecule has 0 amide bonds. The zero-order chi connectivity index (χ0) is 10.4. The Labute approximate surface area is 88.3 Å². The fourth-order valence-corrected chi connectivity index (χ4v) is 2.52. The second kappa shape index (κ2) is 6.41. The highest BCUT2D eigenvalue weighted by Crippen LogP contribution is 2.29. The summed E-state index contributed by atoms with van der Waals surface area (Å²) >= 11 is 0. The molecule has 0 spiro atoms. The van der Waals surface area contributed by atoms with E-state index in [1.54, 1.807) is 0 Å². The van der Waals surface area contributed by atoms with Crippen LogP contribution in [-0.4, -0.2) is 36.2 Å². The topological polar surface area (TPSA) is 23.5 Å². The molecule has 0 saturated heterocycles. The van der Waals surface area contributed by atoms with E-state index in [0.29, 0.717) is 6.61 Å². The Hall–Kier alpha value is -0.0800. The standard InChI is InChI=1S/C12H25NO/c1-3-13(8-9-14)10-12-7-5-4-6-11(12)2/h11-12,14H,3-10H2,1-2H3. The van der Waals surface area contributed by atoms with Crippen LogP contribution in [0.5, 0.6) is 0 Å². The Balaban J connectivity index is 2.31. The molecule has 1 fully saturated rings. The molecule has 1 saturated carbocycles. The molecular weight excluding hydrogens is 174 g/mol. The highest BCUT2D eigenvalue weighted by molar-refractivity contribution is 4.75. The molecule has 2 atom stereocenters. The molecule has 0 aromatic heterocycles. The van der Waals surface area contributed by atoms with Crippen molar-refractivity contribution in [3.63, 3.8) is 0 Å². The number of rotatable bonds is 5. The molecule has 84 valence electrons. The van der Waals surface area contributed by atoms with Crippen LogP contribution in [0.4, 0.5) is 0 Å². The van der Waals surface area contributed by atoms with Crippen molar-refractivity contribution in [2.45, 2.75) is 39.5 Å². The second-order valence-electron chi connectivity index (χ2n) is 4.64. The van der Waals surface area contributed by atoms with E-state index >= 15 is 0 Å². The molecule has 1 aliphatic carbocycles. The molecule has 1 N–H and O–H groups in total. The second-order valence-corrected chi connectivity index (χ2v) is 4.64. The predicted octanol–water partition coefficient (Wildman–Crippen LogP) is 2.13. The monoisotopic (exact) mass is 199 g/mol. The van der Waals surface area contributed by atoms with Crippen LogP contribution in [0.1, 0.15) is 39.5 Å². The van der Waals surface area contributed by atoms with Crippen LogP contribution in [0, 0.1) is 11.8 Å². The first-order valence-corrected chi connectivity index (χ1v) is 6.11. The summed E-state index contributed by atoms with van der Waals surface area (Å²) < 4.78 is 0. The molecule has 2 heteroatoms. The SMILES string of the molecule is CCN(CCO)CC1CCCCC1C. The van der Waals surface area contributed by atoms with E-state index in [4.69, 9.17) is 5.11 Å². The average molecular weight is 199 g/mol. The van der Waals surface area contributed by atoms with E-state index in [2.05, 4.69) is 18.7 Å². The Bertz CT molecular complexity index is 149. The molecule has 14 heavy (non-hydrogen) atoms. The lowest BCUT2D eigenvalue weighted by Crippen LogP contribution is -2.35. The van der Waals surface area contributed by atoms with Crippen molar-refractivity contribution in [2.75, 3.05) is 26.2 Å². The van der Waals surface area contributed by atoms with Gasteiger partial charge in [0, 0.05) is 13.1 Å². The van der Waals surface area contributed by atoms with Gasteiger partial charge in [-0.1, -0.05) is 33.1 Å². The minimum atomic E-state index is 0.301. The Kier molecular flexibility index (Phi) is 5.49. The van der Waals surface area contributed by atoms with Crippen molar-refractivity contribution in [1.29, 1.82) is 0 Å². The summed E-state index contributed by atoms with van der Waals surface area (Å²) in [6.45, 7) is 7.98. The lowest BCUT2D eigenvalue weighted by atomic mass is 9.80. The normalized spacial score (nSPS) is 28.3. The van der Waals surface area contributed by atoms with E-state index < -0.39 is 0 Å². The van der Waals surface area contributed by atoms with Gasteiger partial charge in [-0.05, 0) is 24.8 Å². The average Bonchev–Trinajstić information content (AvgIpc) is 2.20. The minimum absolute atomic E-state index is 0.301. The van der Waals surface area contributed by atoms with Crippen molar-refractivity contribution < 1.29 is 5.11 Å². The maximum absolute atomic E-state index is 8.92. The number of hydrogen-bond donors (Lipinski definition) is 1. The molecule has 0 aromatic carbocycles. The van der Waals surface area contributed by atoms with Crippen LogP contribution in [-0.2, 0) is 0 Å². The van der Waals surface area contributed by atoms with Gasteiger partial charge in [0.2, 0.25) is 0 Å². The molecule has 0 radical (unpaired) electrons. The third-order valence-electron chi connectivity index (χ3n) is 3.65. The van der Waals surface area contributed by atoms with Crippen LogP contribution in [0.15, 0.2) is 0 Å². The first-order chi connectivity index (χ1) is 6.77. The molecular formula is C12H25NO. The lowest BCUT2D eigenvalue weighted by Gasteiger charge is -2.33. The van der Waals surface area contributed by atoms with Gasteiger partial charge in [0.25, 0.3) is 0 Å². The van der Waals surface area contributed by atoms with E-state index in [1.165, 1.54) is 32.2 Å². The third-order valence-corrected chi connectivity index (χ3v) is 3.65. The van der Waals surface area contributed by atoms with E-state index in [0.717, 1.165) is 24.9 Å². The maximum Gasteiger partial charge on any atom is 0.0558 e. The highest BCUT2D eigenvalue weighted by atomic mass is 16.3. The van der Waals surface area contributed by atoms with Gasteiger partial charge in [0.05, 0.1) is 6.61 Å². The summed E-state index contributed by atoms with van der Waals surface area (Å²) in [5, 5.41) is 8.92. The van der Waals surface area contributed by atoms with Gasteiger partial charge >= 0.3 is 0 Å². The summed E-state index contributed by atoms with van der Waals surface area (Å²) in [6.07, 6.45) is 5.62. The smallest absolute Gasteiger partial charge is 0.0558 e. The van der Waals surface area contributed by atoms with Crippen LogP contribution in [0.3, 0.4) is 0 Å². The quantitative estimate of drug-likeness (QED) is 0.733. The van der Waals surface area contributed by atoms with Crippen molar-refractivity contribution in [2.24, 2.45) is 11.8 Å². The van der Waals surface area contributed by atoms with Gasteiger partial charge in [-0.3, -0.25) is 0 Å². The molecule has 0 bridgehead atoms. The number of nitrogens with zero attached hydrogens (tertiary/aromatic N) is 1. The summed E-state index contributed by atoms with van der Waals surface area (Å²) in [4.78, 5) is 2.38. The Morgan fingerprint density at radius 3 is 2.57 bits per heavy atom. The molecule has 1 rings (SSSR count). The number of aliphatic hydroxyl groups is 1. The minimum Gasteiger partial charge on any atom is -0.395 e. The summed E-state index contributed by atoms with van der Waals surface area (Å²) in [5.74, 6) is 1.76. The fraction of sp³-hybridized carbons (Fsp3) is 1.00. The third kappa shape index (κ3) is 3.58. The maximum atomic E-state index is 8.92. The summed E-state index contributed by atoms with van der Waals surface area (Å²) in [7, 11) is 0. The first-order valence-electron chi connectivity index (χ1n) is 6.11. The largest absolute Gasteiger partial charge is 0.395 e. The van der Waals surface area contributed by atoms with Gasteiger partial charge in [-0.2, -0.15) is 0 Å². The fourth-order valence-electron chi connectivity index (χ4n) is 2.52. The summed E-state index contributed by atoms with van der Waals surface area (Å²) in [6, 6.07) is 0. The van der Waals surface area contributed by atoms with E-state index in [9.17, 15) is 0 Å². The van der Waals surface area contributed by atoms with E-state index in [1.807, 2.05) is 0 Å².